The van der Waals surface area contributed by atoms with Crippen LogP contribution in [0.2, 0.25) is 0 Å². The maximum absolute atomic E-state index is 14.1. The van der Waals surface area contributed by atoms with Gasteiger partial charge in [-0.3, -0.25) is 14.4 Å². The monoisotopic (exact) mass is 473 g/mol. The lowest BCUT2D eigenvalue weighted by Gasteiger charge is -2.36. The molecule has 2 N–H and O–H groups in total. The Morgan fingerprint density at radius 1 is 1.09 bits per heavy atom. The molecular formula is C25H29F2N3O4. The van der Waals surface area contributed by atoms with E-state index in [1.165, 1.54) is 36.4 Å². The van der Waals surface area contributed by atoms with Crippen molar-refractivity contribution in [3.63, 3.8) is 0 Å². The molecule has 3 amide bonds. The summed E-state index contributed by atoms with van der Waals surface area (Å²) >= 11 is 0. The largest absolute Gasteiger partial charge is 0.385 e. The molecule has 1 atom stereocenters. The first-order chi connectivity index (χ1) is 16.4. The highest BCUT2D eigenvalue weighted by molar-refractivity contribution is 5.98. The lowest BCUT2D eigenvalue weighted by Crippen LogP contribution is -2.54. The number of rotatable bonds is 9. The van der Waals surface area contributed by atoms with Gasteiger partial charge in [-0.1, -0.05) is 18.2 Å². The Morgan fingerprint density at radius 3 is 2.50 bits per heavy atom. The van der Waals surface area contributed by atoms with E-state index in [1.54, 1.807) is 24.1 Å². The molecule has 0 aliphatic carbocycles. The fourth-order valence-electron chi connectivity index (χ4n) is 4.04. The Balaban J connectivity index is 1.68. The minimum atomic E-state index is -0.888. The zero-order valence-corrected chi connectivity index (χ0v) is 19.1. The number of nitrogens with one attached hydrogen (secondary N) is 2. The Kier molecular flexibility index (Phi) is 9.09. The molecule has 1 saturated heterocycles. The normalized spacial score (nSPS) is 15.0. The molecule has 0 radical (unpaired) electrons. The van der Waals surface area contributed by atoms with Gasteiger partial charge >= 0.3 is 0 Å². The second-order valence-electron chi connectivity index (χ2n) is 8.21. The van der Waals surface area contributed by atoms with Crippen molar-refractivity contribution in [3.8, 4) is 0 Å². The Hall–Kier alpha value is -3.33. The van der Waals surface area contributed by atoms with Crippen LogP contribution in [0.5, 0.6) is 0 Å². The molecule has 1 unspecified atom stereocenters. The summed E-state index contributed by atoms with van der Waals surface area (Å²) in [6, 6.07) is 10.2. The number of benzene rings is 2. The maximum Gasteiger partial charge on any atom is 0.254 e. The molecule has 0 spiro atoms. The van der Waals surface area contributed by atoms with Crippen LogP contribution in [0.15, 0.2) is 48.5 Å². The molecule has 0 saturated carbocycles. The highest BCUT2D eigenvalue weighted by atomic mass is 19.1. The Labute approximate surface area is 197 Å². The van der Waals surface area contributed by atoms with E-state index in [4.69, 9.17) is 4.74 Å². The van der Waals surface area contributed by atoms with Gasteiger partial charge in [-0.25, -0.2) is 8.78 Å². The van der Waals surface area contributed by atoms with Crippen molar-refractivity contribution in [2.45, 2.75) is 25.3 Å². The first kappa shape index (κ1) is 25.3. The number of nitrogens with zero attached hydrogens (tertiary/aromatic N) is 1. The highest BCUT2D eigenvalue weighted by Crippen LogP contribution is 2.23. The van der Waals surface area contributed by atoms with Gasteiger partial charge in [0.25, 0.3) is 11.8 Å². The highest BCUT2D eigenvalue weighted by Gasteiger charge is 2.34. The molecule has 182 valence electrons. The Morgan fingerprint density at radius 2 is 1.82 bits per heavy atom. The Bertz CT molecular complexity index is 1010. The molecule has 34 heavy (non-hydrogen) atoms. The molecule has 0 bridgehead atoms. The summed E-state index contributed by atoms with van der Waals surface area (Å²) in [6.45, 7) is 1.55. The molecule has 2 aromatic carbocycles. The number of hydrogen-bond acceptors (Lipinski definition) is 4. The number of methoxy groups -OCH3 is 1. The summed E-state index contributed by atoms with van der Waals surface area (Å²) in [5.41, 5.74) is 0.122. The molecule has 1 heterocycles. The van der Waals surface area contributed by atoms with Crippen LogP contribution in [0.25, 0.3) is 0 Å². The topological polar surface area (TPSA) is 87.7 Å². The molecule has 2 aromatic rings. The van der Waals surface area contributed by atoms with Crippen molar-refractivity contribution < 1.29 is 27.9 Å². The fourth-order valence-corrected chi connectivity index (χ4v) is 4.04. The maximum atomic E-state index is 14.1. The number of piperidine rings is 1. The van der Waals surface area contributed by atoms with Crippen molar-refractivity contribution in [2.24, 2.45) is 5.92 Å². The number of amides is 3. The summed E-state index contributed by atoms with van der Waals surface area (Å²) in [6.07, 6.45) is 1.51. The number of halogens is 2. The van der Waals surface area contributed by atoms with Gasteiger partial charge in [-0.15, -0.1) is 0 Å². The number of carbonyl (C=O) groups is 3. The zero-order chi connectivity index (χ0) is 24.5. The molecule has 0 aromatic heterocycles. The molecule has 9 heteroatoms. The predicted molar refractivity (Wildman–Crippen MR) is 122 cm³/mol. The van der Waals surface area contributed by atoms with Gasteiger partial charge in [0.15, 0.2) is 0 Å². The quantitative estimate of drug-likeness (QED) is 0.549. The van der Waals surface area contributed by atoms with E-state index in [1.807, 2.05) is 0 Å². The standard InChI is InChI=1S/C25H29F2N3O4/c1-34-15-5-12-28-24(32)22(29-23(31)20-8-2-3-9-21(20)27)17-10-13-30(14-11-17)25(33)18-6-4-7-19(26)16-18/h2-4,6-9,16-17,22H,5,10-15H2,1H3,(H,28,32)(H,29,31). The van der Waals surface area contributed by atoms with Crippen LogP contribution in [0, 0.1) is 17.6 Å². The van der Waals surface area contributed by atoms with Crippen LogP contribution in [0.3, 0.4) is 0 Å². The van der Waals surface area contributed by atoms with Gasteiger partial charge in [-0.2, -0.15) is 0 Å². The van der Waals surface area contributed by atoms with Gasteiger partial charge in [0.1, 0.15) is 17.7 Å². The third-order valence-corrected chi connectivity index (χ3v) is 5.88. The van der Waals surface area contributed by atoms with Crippen LogP contribution >= 0.6 is 0 Å². The van der Waals surface area contributed by atoms with E-state index in [-0.39, 0.29) is 28.9 Å². The van der Waals surface area contributed by atoms with Gasteiger partial charge in [-0.05, 0) is 55.5 Å². The van der Waals surface area contributed by atoms with Gasteiger partial charge in [0.2, 0.25) is 5.91 Å². The third kappa shape index (κ3) is 6.60. The van der Waals surface area contributed by atoms with Crippen molar-refractivity contribution in [3.05, 3.63) is 71.3 Å². The number of likely N-dealkylation sites (tertiary alicyclic amines) is 1. The average molecular weight is 474 g/mol. The molecule has 7 nitrogen and oxygen atoms in total. The average Bonchev–Trinajstić information content (AvgIpc) is 2.85. The number of ether oxygens (including phenoxy) is 1. The van der Waals surface area contributed by atoms with E-state index >= 15 is 0 Å². The first-order valence-electron chi connectivity index (χ1n) is 11.3. The van der Waals surface area contributed by atoms with E-state index in [0.29, 0.717) is 45.5 Å². The zero-order valence-electron chi connectivity index (χ0n) is 19.1. The lowest BCUT2D eigenvalue weighted by atomic mass is 9.88. The van der Waals surface area contributed by atoms with Crippen LogP contribution in [0.1, 0.15) is 40.0 Å². The predicted octanol–water partition coefficient (Wildman–Crippen LogP) is 2.77. The van der Waals surface area contributed by atoms with Gasteiger partial charge in [0, 0.05) is 38.9 Å². The van der Waals surface area contributed by atoms with Crippen LogP contribution in [-0.4, -0.2) is 62.0 Å². The van der Waals surface area contributed by atoms with E-state index < -0.39 is 23.6 Å². The SMILES string of the molecule is COCCCNC(=O)C(NC(=O)c1ccccc1F)C1CCN(C(=O)c2cccc(F)c2)CC1. The van der Waals surface area contributed by atoms with E-state index in [2.05, 4.69) is 10.6 Å². The minimum Gasteiger partial charge on any atom is -0.385 e. The van der Waals surface area contributed by atoms with Crippen molar-refractivity contribution in [1.82, 2.24) is 15.5 Å². The molecule has 3 rings (SSSR count). The number of carbonyl (C=O) groups excluding carboxylic acids is 3. The summed E-state index contributed by atoms with van der Waals surface area (Å²) < 4.78 is 32.6. The summed E-state index contributed by atoms with van der Waals surface area (Å²) in [7, 11) is 1.57. The fraction of sp³-hybridized carbons (Fsp3) is 0.400. The summed E-state index contributed by atoms with van der Waals surface area (Å²) in [4.78, 5) is 40.0. The second-order valence-corrected chi connectivity index (χ2v) is 8.21. The van der Waals surface area contributed by atoms with Crippen LogP contribution < -0.4 is 10.6 Å². The number of hydrogen-bond donors (Lipinski definition) is 2. The van der Waals surface area contributed by atoms with Crippen LogP contribution in [0.4, 0.5) is 8.78 Å². The lowest BCUT2D eigenvalue weighted by molar-refractivity contribution is -0.124. The van der Waals surface area contributed by atoms with E-state index in [0.717, 1.165) is 0 Å². The molecule has 1 fully saturated rings. The second kappa shape index (κ2) is 12.2. The molecule has 1 aliphatic heterocycles. The van der Waals surface area contributed by atoms with Crippen LogP contribution in [-0.2, 0) is 9.53 Å². The minimum absolute atomic E-state index is 0.140. The van der Waals surface area contributed by atoms with Gasteiger partial charge < -0.3 is 20.3 Å². The smallest absolute Gasteiger partial charge is 0.254 e. The summed E-state index contributed by atoms with van der Waals surface area (Å²) in [5.74, 6) is -2.73. The van der Waals surface area contributed by atoms with Crippen molar-refractivity contribution in [1.29, 1.82) is 0 Å². The van der Waals surface area contributed by atoms with E-state index in [9.17, 15) is 23.2 Å². The van der Waals surface area contributed by atoms with Crippen molar-refractivity contribution in [2.75, 3.05) is 33.4 Å². The third-order valence-electron chi connectivity index (χ3n) is 5.88. The summed E-state index contributed by atoms with van der Waals surface area (Å²) in [5, 5.41) is 5.50. The van der Waals surface area contributed by atoms with Crippen molar-refractivity contribution >= 4 is 17.7 Å². The molecular weight excluding hydrogens is 444 g/mol. The van der Waals surface area contributed by atoms with Gasteiger partial charge in [0.05, 0.1) is 5.56 Å². The molecule has 1 aliphatic rings. The first-order valence-corrected chi connectivity index (χ1v) is 11.3.